The molecule has 4 atom stereocenters. The van der Waals surface area contributed by atoms with Gasteiger partial charge in [-0.25, -0.2) is 0 Å². The van der Waals surface area contributed by atoms with Crippen molar-refractivity contribution < 1.29 is 14.6 Å². The van der Waals surface area contributed by atoms with Crippen molar-refractivity contribution in [3.63, 3.8) is 0 Å². The third-order valence-corrected chi connectivity index (χ3v) is 2.85. The lowest BCUT2D eigenvalue weighted by atomic mass is 9.82. The predicted octanol–water partition coefficient (Wildman–Crippen LogP) is 1.20. The van der Waals surface area contributed by atoms with Crippen LogP contribution in [0.25, 0.3) is 0 Å². The number of esters is 1. The van der Waals surface area contributed by atoms with Crippen molar-refractivity contribution in [2.75, 3.05) is 0 Å². The Kier molecular flexibility index (Phi) is 2.96. The summed E-state index contributed by atoms with van der Waals surface area (Å²) in [5.41, 5.74) is 0. The van der Waals surface area contributed by atoms with E-state index in [4.69, 9.17) is 4.74 Å². The molecule has 3 nitrogen and oxygen atoms in total. The van der Waals surface area contributed by atoms with E-state index in [1.807, 2.05) is 20.8 Å². The second-order valence-electron chi connectivity index (χ2n) is 4.28. The Balaban J connectivity index is 2.76. The van der Waals surface area contributed by atoms with Gasteiger partial charge in [-0.2, -0.15) is 0 Å². The van der Waals surface area contributed by atoms with Crippen molar-refractivity contribution in [3.05, 3.63) is 0 Å². The van der Waals surface area contributed by atoms with Crippen LogP contribution in [0.3, 0.4) is 0 Å². The van der Waals surface area contributed by atoms with E-state index in [0.29, 0.717) is 0 Å². The van der Waals surface area contributed by atoms with Crippen LogP contribution in [0.2, 0.25) is 0 Å². The first kappa shape index (κ1) is 10.5. The van der Waals surface area contributed by atoms with E-state index < -0.39 is 6.10 Å². The summed E-state index contributed by atoms with van der Waals surface area (Å²) in [4.78, 5) is 11.3. The van der Waals surface area contributed by atoms with Crippen molar-refractivity contribution in [2.45, 2.75) is 39.9 Å². The van der Waals surface area contributed by atoms with Crippen LogP contribution in [0.1, 0.15) is 27.7 Å². The highest BCUT2D eigenvalue weighted by atomic mass is 16.5. The summed E-state index contributed by atoms with van der Waals surface area (Å²) in [5, 5.41) is 9.74. The topological polar surface area (TPSA) is 46.5 Å². The molecule has 1 saturated heterocycles. The third kappa shape index (κ3) is 1.85. The van der Waals surface area contributed by atoms with Crippen molar-refractivity contribution in [3.8, 4) is 0 Å². The lowest BCUT2D eigenvalue weighted by Gasteiger charge is -2.38. The van der Waals surface area contributed by atoms with Crippen LogP contribution in [0.5, 0.6) is 0 Å². The quantitative estimate of drug-likeness (QED) is 0.626. The van der Waals surface area contributed by atoms with Gasteiger partial charge in [-0.05, 0) is 12.8 Å². The molecule has 1 heterocycles. The van der Waals surface area contributed by atoms with E-state index >= 15 is 0 Å². The van der Waals surface area contributed by atoms with Crippen LogP contribution in [0.4, 0.5) is 0 Å². The number of aliphatic hydroxyl groups excluding tert-OH is 1. The highest BCUT2D eigenvalue weighted by Crippen LogP contribution is 2.30. The fraction of sp³-hybridized carbons (Fsp3) is 0.900. The monoisotopic (exact) mass is 186 g/mol. The molecular formula is C10H18O3. The zero-order chi connectivity index (χ0) is 10.2. The van der Waals surface area contributed by atoms with Crippen molar-refractivity contribution >= 4 is 5.97 Å². The maximum Gasteiger partial charge on any atom is 0.311 e. The molecular weight excluding hydrogens is 168 g/mol. The van der Waals surface area contributed by atoms with Gasteiger partial charge in [0, 0.05) is 5.92 Å². The van der Waals surface area contributed by atoms with Gasteiger partial charge in [0.2, 0.25) is 0 Å². The van der Waals surface area contributed by atoms with Gasteiger partial charge in [-0.3, -0.25) is 4.79 Å². The van der Waals surface area contributed by atoms with Gasteiger partial charge in [0.15, 0.2) is 0 Å². The van der Waals surface area contributed by atoms with Gasteiger partial charge in [-0.15, -0.1) is 0 Å². The molecule has 0 aromatic carbocycles. The Morgan fingerprint density at radius 1 is 1.38 bits per heavy atom. The summed E-state index contributed by atoms with van der Waals surface area (Å²) in [7, 11) is 0. The number of aliphatic hydroxyl groups is 1. The molecule has 1 aliphatic heterocycles. The first-order valence-electron chi connectivity index (χ1n) is 4.83. The Labute approximate surface area is 79.1 Å². The molecule has 0 aromatic heterocycles. The van der Waals surface area contributed by atoms with E-state index in [1.54, 1.807) is 6.92 Å². The molecule has 1 aliphatic rings. The van der Waals surface area contributed by atoms with Crippen LogP contribution in [0.15, 0.2) is 0 Å². The van der Waals surface area contributed by atoms with Gasteiger partial charge < -0.3 is 9.84 Å². The molecule has 1 rings (SSSR count). The molecule has 0 amide bonds. The van der Waals surface area contributed by atoms with Crippen molar-refractivity contribution in [2.24, 2.45) is 17.8 Å². The fourth-order valence-electron chi connectivity index (χ4n) is 1.88. The van der Waals surface area contributed by atoms with Crippen LogP contribution in [-0.2, 0) is 9.53 Å². The zero-order valence-corrected chi connectivity index (χ0v) is 8.65. The molecule has 0 bridgehead atoms. The maximum absolute atomic E-state index is 11.3. The summed E-state index contributed by atoms with van der Waals surface area (Å²) in [6.45, 7) is 7.63. The van der Waals surface area contributed by atoms with Crippen molar-refractivity contribution in [1.82, 2.24) is 0 Å². The number of carbonyl (C=O) groups excluding carboxylic acids is 1. The molecule has 1 fully saturated rings. The normalized spacial score (nSPS) is 40.6. The number of hydrogen-bond donors (Lipinski definition) is 1. The average Bonchev–Trinajstić information content (AvgIpc) is 2.07. The minimum absolute atomic E-state index is 0.0349. The van der Waals surface area contributed by atoms with Crippen LogP contribution in [-0.4, -0.2) is 23.3 Å². The molecule has 76 valence electrons. The van der Waals surface area contributed by atoms with E-state index in [9.17, 15) is 9.90 Å². The number of cyclic esters (lactones) is 1. The lowest BCUT2D eigenvalue weighted by molar-refractivity contribution is -0.181. The highest BCUT2D eigenvalue weighted by molar-refractivity contribution is 5.73. The van der Waals surface area contributed by atoms with E-state index in [0.717, 1.165) is 0 Å². The standard InChI is InChI=1S/C10H18O3/c1-5(2)9-6(3)8(11)7(4)10(12)13-9/h5-9,11H,1-4H3/t6-,7+,8-,9-/m0/s1. The molecule has 13 heavy (non-hydrogen) atoms. The lowest BCUT2D eigenvalue weighted by Crippen LogP contribution is -2.48. The summed E-state index contributed by atoms with van der Waals surface area (Å²) >= 11 is 0. The smallest absolute Gasteiger partial charge is 0.311 e. The van der Waals surface area contributed by atoms with E-state index in [-0.39, 0.29) is 29.8 Å². The molecule has 0 radical (unpaired) electrons. The summed E-state index contributed by atoms with van der Waals surface area (Å²) in [6, 6.07) is 0. The molecule has 1 N–H and O–H groups in total. The van der Waals surface area contributed by atoms with Crippen LogP contribution < -0.4 is 0 Å². The summed E-state index contributed by atoms with van der Waals surface area (Å²) < 4.78 is 5.24. The van der Waals surface area contributed by atoms with E-state index in [2.05, 4.69) is 0 Å². The van der Waals surface area contributed by atoms with Crippen molar-refractivity contribution in [1.29, 1.82) is 0 Å². The second-order valence-corrected chi connectivity index (χ2v) is 4.28. The SMILES string of the molecule is CC(C)[C@@H]1OC(=O)[C@H](C)[C@@H](O)[C@@H]1C. The number of ether oxygens (including phenoxy) is 1. The van der Waals surface area contributed by atoms with Crippen LogP contribution in [0, 0.1) is 17.8 Å². The van der Waals surface area contributed by atoms with Crippen LogP contribution >= 0.6 is 0 Å². The summed E-state index contributed by atoms with van der Waals surface area (Å²) in [6.07, 6.45) is -0.702. The molecule has 3 heteroatoms. The Hall–Kier alpha value is -0.570. The first-order valence-corrected chi connectivity index (χ1v) is 4.83. The largest absolute Gasteiger partial charge is 0.461 e. The summed E-state index contributed by atoms with van der Waals surface area (Å²) in [5.74, 6) is -0.358. The van der Waals surface area contributed by atoms with Gasteiger partial charge in [0.25, 0.3) is 0 Å². The average molecular weight is 186 g/mol. The van der Waals surface area contributed by atoms with Gasteiger partial charge in [-0.1, -0.05) is 20.8 Å². The molecule has 0 spiro atoms. The van der Waals surface area contributed by atoms with E-state index in [1.165, 1.54) is 0 Å². The predicted molar refractivity (Wildman–Crippen MR) is 49.1 cm³/mol. The Bertz CT molecular complexity index is 200. The minimum atomic E-state index is -0.561. The van der Waals surface area contributed by atoms with Gasteiger partial charge in [0.05, 0.1) is 12.0 Å². The van der Waals surface area contributed by atoms with Gasteiger partial charge in [0.1, 0.15) is 6.10 Å². The Morgan fingerprint density at radius 3 is 2.38 bits per heavy atom. The highest BCUT2D eigenvalue weighted by Gasteiger charge is 2.41. The third-order valence-electron chi connectivity index (χ3n) is 2.85. The Morgan fingerprint density at radius 2 is 1.92 bits per heavy atom. The maximum atomic E-state index is 11.3. The molecule has 0 saturated carbocycles. The number of hydrogen-bond acceptors (Lipinski definition) is 3. The number of carbonyl (C=O) groups is 1. The minimum Gasteiger partial charge on any atom is -0.461 e. The second kappa shape index (κ2) is 3.66. The fourth-order valence-corrected chi connectivity index (χ4v) is 1.88. The van der Waals surface area contributed by atoms with Gasteiger partial charge >= 0.3 is 5.97 Å². The molecule has 0 unspecified atom stereocenters. The number of rotatable bonds is 1. The molecule has 0 aliphatic carbocycles. The zero-order valence-electron chi connectivity index (χ0n) is 8.65. The molecule has 0 aromatic rings. The first-order chi connectivity index (χ1) is 5.95.